The lowest BCUT2D eigenvalue weighted by molar-refractivity contribution is -0.136. The minimum Gasteiger partial charge on any atom is -0.480 e. The third-order valence-corrected chi connectivity index (χ3v) is 4.03. The lowest BCUT2D eigenvalue weighted by atomic mass is 9.97. The summed E-state index contributed by atoms with van der Waals surface area (Å²) in [5, 5.41) is 11.7. The van der Waals surface area contributed by atoms with E-state index in [1.165, 1.54) is 0 Å². The maximum Gasteiger partial charge on any atom is 0.317 e. The average Bonchev–Trinajstić information content (AvgIpc) is 2.44. The molecule has 0 aromatic heterocycles. The molecule has 1 aromatic carbocycles. The smallest absolute Gasteiger partial charge is 0.317 e. The van der Waals surface area contributed by atoms with Crippen LogP contribution in [0.1, 0.15) is 18.4 Å². The van der Waals surface area contributed by atoms with E-state index in [1.54, 1.807) is 18.2 Å². The van der Waals surface area contributed by atoms with Crippen molar-refractivity contribution in [1.82, 2.24) is 10.2 Å². The third kappa shape index (κ3) is 4.95. The van der Waals surface area contributed by atoms with Gasteiger partial charge in [-0.25, -0.2) is 4.39 Å². The van der Waals surface area contributed by atoms with Crippen LogP contribution in [-0.2, 0) is 11.3 Å². The fourth-order valence-electron chi connectivity index (χ4n) is 2.76. The van der Waals surface area contributed by atoms with Gasteiger partial charge in [-0.2, -0.15) is 0 Å². The van der Waals surface area contributed by atoms with Crippen LogP contribution in [0.5, 0.6) is 0 Å². The number of piperidine rings is 1. The highest BCUT2D eigenvalue weighted by Gasteiger charge is 2.21. The van der Waals surface area contributed by atoms with E-state index in [9.17, 15) is 9.18 Å². The van der Waals surface area contributed by atoms with Crippen LogP contribution in [0.3, 0.4) is 0 Å². The number of hydrogen-bond acceptors (Lipinski definition) is 3. The second kappa shape index (κ2) is 7.73. The maximum absolute atomic E-state index is 13.9. The van der Waals surface area contributed by atoms with Crippen LogP contribution in [0.15, 0.2) is 18.2 Å². The number of benzene rings is 1. The minimum atomic E-state index is -0.844. The van der Waals surface area contributed by atoms with E-state index >= 15 is 0 Å². The van der Waals surface area contributed by atoms with Crippen molar-refractivity contribution in [3.8, 4) is 0 Å². The fraction of sp³-hybridized carbons (Fsp3) is 0.533. The lowest BCUT2D eigenvalue weighted by Gasteiger charge is -2.33. The number of nitrogens with one attached hydrogen (secondary N) is 1. The molecule has 1 aromatic rings. The molecule has 1 aliphatic rings. The zero-order valence-corrected chi connectivity index (χ0v) is 12.6. The Morgan fingerprint density at radius 2 is 2.33 bits per heavy atom. The quantitative estimate of drug-likeness (QED) is 0.846. The molecule has 0 spiro atoms. The molecule has 0 bridgehead atoms. The van der Waals surface area contributed by atoms with Crippen molar-refractivity contribution in [3.05, 3.63) is 34.6 Å². The van der Waals surface area contributed by atoms with Gasteiger partial charge in [0, 0.05) is 18.7 Å². The molecule has 2 rings (SSSR count). The summed E-state index contributed by atoms with van der Waals surface area (Å²) in [5.74, 6) is -0.783. The highest BCUT2D eigenvalue weighted by molar-refractivity contribution is 6.30. The Kier molecular flexibility index (Phi) is 5.96. The predicted octanol–water partition coefficient (Wildman–Crippen LogP) is 2.37. The normalized spacial score (nSPS) is 19.6. The van der Waals surface area contributed by atoms with Gasteiger partial charge < -0.3 is 10.4 Å². The summed E-state index contributed by atoms with van der Waals surface area (Å²) in [6.45, 7) is 2.99. The Labute approximate surface area is 128 Å². The van der Waals surface area contributed by atoms with Crippen molar-refractivity contribution in [2.45, 2.75) is 19.4 Å². The van der Waals surface area contributed by atoms with Gasteiger partial charge >= 0.3 is 5.97 Å². The first kappa shape index (κ1) is 16.2. The molecule has 1 fully saturated rings. The van der Waals surface area contributed by atoms with Gasteiger partial charge in [-0.1, -0.05) is 23.7 Å². The summed E-state index contributed by atoms with van der Waals surface area (Å²) >= 11 is 5.80. The highest BCUT2D eigenvalue weighted by Crippen LogP contribution is 2.22. The van der Waals surface area contributed by atoms with Crippen LogP contribution in [-0.4, -0.2) is 42.2 Å². The number of halogens is 2. The van der Waals surface area contributed by atoms with Crippen molar-refractivity contribution in [1.29, 1.82) is 0 Å². The molecule has 4 nitrogen and oxygen atoms in total. The van der Waals surface area contributed by atoms with Gasteiger partial charge in [0.25, 0.3) is 0 Å². The maximum atomic E-state index is 13.9. The molecule has 1 saturated heterocycles. The van der Waals surface area contributed by atoms with E-state index in [2.05, 4.69) is 10.2 Å². The first-order chi connectivity index (χ1) is 10.1. The number of carbonyl (C=O) groups is 1. The average molecular weight is 315 g/mol. The molecule has 0 aliphatic carbocycles. The van der Waals surface area contributed by atoms with Gasteiger partial charge in [-0.05, 0) is 37.9 Å². The molecule has 6 heteroatoms. The predicted molar refractivity (Wildman–Crippen MR) is 79.9 cm³/mol. The number of likely N-dealkylation sites (tertiary alicyclic amines) is 1. The Hall–Kier alpha value is -1.17. The van der Waals surface area contributed by atoms with Crippen molar-refractivity contribution in [2.75, 3.05) is 26.2 Å². The van der Waals surface area contributed by atoms with Crippen LogP contribution < -0.4 is 5.32 Å². The molecule has 0 saturated carbocycles. The van der Waals surface area contributed by atoms with E-state index in [0.29, 0.717) is 24.6 Å². The molecule has 21 heavy (non-hydrogen) atoms. The second-order valence-corrected chi connectivity index (χ2v) is 5.89. The fourth-order valence-corrected chi connectivity index (χ4v) is 2.95. The van der Waals surface area contributed by atoms with E-state index in [0.717, 1.165) is 25.9 Å². The Bertz CT molecular complexity index is 499. The minimum absolute atomic E-state index is 0.0145. The standard InChI is InChI=1S/C15H20ClFN2O2/c16-13-5-1-4-12(15(13)17)10-19-6-2-3-11(9-19)7-18-8-14(20)21/h1,4-5,11,18H,2-3,6-10H2,(H,20,21). The Balaban J connectivity index is 1.86. The van der Waals surface area contributed by atoms with E-state index in [1.807, 2.05) is 0 Å². The monoisotopic (exact) mass is 314 g/mol. The van der Waals surface area contributed by atoms with Crippen molar-refractivity contribution in [3.63, 3.8) is 0 Å². The van der Waals surface area contributed by atoms with Gasteiger partial charge in [0.05, 0.1) is 11.6 Å². The van der Waals surface area contributed by atoms with Gasteiger partial charge in [0.2, 0.25) is 0 Å². The van der Waals surface area contributed by atoms with Crippen LogP contribution in [0.4, 0.5) is 4.39 Å². The Morgan fingerprint density at radius 3 is 3.10 bits per heavy atom. The van der Waals surface area contributed by atoms with Gasteiger partial charge in [0.15, 0.2) is 0 Å². The van der Waals surface area contributed by atoms with Crippen molar-refractivity contribution in [2.24, 2.45) is 5.92 Å². The SMILES string of the molecule is O=C(O)CNCC1CCCN(Cc2cccc(Cl)c2F)C1. The van der Waals surface area contributed by atoms with Crippen LogP contribution >= 0.6 is 11.6 Å². The zero-order chi connectivity index (χ0) is 15.2. The molecule has 0 amide bonds. The van der Waals surface area contributed by atoms with Gasteiger partial charge in [-0.3, -0.25) is 9.69 Å². The number of rotatable bonds is 6. The number of carboxylic acids is 1. The topological polar surface area (TPSA) is 52.6 Å². The number of hydrogen-bond donors (Lipinski definition) is 2. The molecule has 1 aliphatic heterocycles. The van der Waals surface area contributed by atoms with Crippen LogP contribution in [0.2, 0.25) is 5.02 Å². The van der Waals surface area contributed by atoms with Crippen molar-refractivity contribution < 1.29 is 14.3 Å². The molecule has 0 radical (unpaired) electrons. The largest absolute Gasteiger partial charge is 0.480 e. The van der Waals surface area contributed by atoms with Crippen LogP contribution in [0, 0.1) is 11.7 Å². The molecular formula is C15H20ClFN2O2. The Morgan fingerprint density at radius 1 is 1.52 bits per heavy atom. The first-order valence-electron chi connectivity index (χ1n) is 7.14. The van der Waals surface area contributed by atoms with E-state index < -0.39 is 5.97 Å². The lowest BCUT2D eigenvalue weighted by Crippen LogP contribution is -2.40. The molecule has 116 valence electrons. The van der Waals surface area contributed by atoms with E-state index in [4.69, 9.17) is 16.7 Å². The molecule has 1 heterocycles. The molecular weight excluding hydrogens is 295 g/mol. The summed E-state index contributed by atoms with van der Waals surface area (Å²) in [7, 11) is 0. The number of nitrogens with zero attached hydrogens (tertiary/aromatic N) is 1. The summed E-state index contributed by atoms with van der Waals surface area (Å²) in [5.41, 5.74) is 0.613. The number of aliphatic carboxylic acids is 1. The van der Waals surface area contributed by atoms with Gasteiger partial charge in [0.1, 0.15) is 5.82 Å². The highest BCUT2D eigenvalue weighted by atomic mass is 35.5. The molecule has 1 atom stereocenters. The summed E-state index contributed by atoms with van der Waals surface area (Å²) in [6.07, 6.45) is 2.11. The summed E-state index contributed by atoms with van der Waals surface area (Å²) < 4.78 is 13.9. The second-order valence-electron chi connectivity index (χ2n) is 5.48. The van der Waals surface area contributed by atoms with E-state index in [-0.39, 0.29) is 17.4 Å². The zero-order valence-electron chi connectivity index (χ0n) is 11.8. The summed E-state index contributed by atoms with van der Waals surface area (Å²) in [6, 6.07) is 5.07. The third-order valence-electron chi connectivity index (χ3n) is 3.74. The summed E-state index contributed by atoms with van der Waals surface area (Å²) in [4.78, 5) is 12.7. The van der Waals surface area contributed by atoms with Crippen LogP contribution in [0.25, 0.3) is 0 Å². The van der Waals surface area contributed by atoms with Crippen molar-refractivity contribution >= 4 is 17.6 Å². The molecule has 2 N–H and O–H groups in total. The molecule has 1 unspecified atom stereocenters. The first-order valence-corrected chi connectivity index (χ1v) is 7.52. The van der Waals surface area contributed by atoms with Gasteiger partial charge in [-0.15, -0.1) is 0 Å². The number of carboxylic acid groups (broad SMARTS) is 1.